The molecule has 0 radical (unpaired) electrons. The minimum atomic E-state index is -2.60. The molecule has 1 N–H and O–H groups in total. The molecule has 0 fully saturated rings. The smallest absolute Gasteiger partial charge is 1.00 e. The average Bonchev–Trinajstić information content (AvgIpc) is 0.811. The van der Waals surface area contributed by atoms with Gasteiger partial charge < -0.3 is 12.2 Å². The van der Waals surface area contributed by atoms with E-state index in [2.05, 4.69) is 0 Å². The zero-order valence-electron chi connectivity index (χ0n) is 4.35. The van der Waals surface area contributed by atoms with Crippen molar-refractivity contribution >= 4 is 37.7 Å². The fraction of sp³-hybridized carbons (Fsp3) is 0. The molecule has 0 unspecified atom stereocenters. The van der Waals surface area contributed by atoms with Gasteiger partial charge in [0.15, 0.2) is 0 Å². The maximum atomic E-state index is 8.52. The van der Waals surface area contributed by atoms with Gasteiger partial charge in [0, 0.05) is 4.66 Å². The predicted molar refractivity (Wildman–Crippen MR) is 10.2 cm³/mol. The van der Waals surface area contributed by atoms with Crippen molar-refractivity contribution in [3.63, 3.8) is 0 Å². The van der Waals surface area contributed by atoms with Crippen molar-refractivity contribution in [3.8, 4) is 0 Å². The van der Waals surface area contributed by atoms with Crippen LogP contribution in [0, 0.1) is 10.8 Å². The SMILES string of the molecule is [Ca+2].[H-].[H-].[O-][Cl+2]([O-])O. The molecule has 30 valence electrons. The largest absolute Gasteiger partial charge is 2.00 e. The summed E-state index contributed by atoms with van der Waals surface area (Å²) in [5.74, 6) is 0. The Morgan fingerprint density at radius 3 is 1.60 bits per heavy atom. The van der Waals surface area contributed by atoms with E-state index >= 15 is 0 Å². The van der Waals surface area contributed by atoms with Gasteiger partial charge >= 0.3 is 37.7 Å². The van der Waals surface area contributed by atoms with Gasteiger partial charge in [-0.2, -0.15) is 0 Å². The molecule has 0 aliphatic rings. The second-order valence-electron chi connectivity index (χ2n) is 0.201. The van der Waals surface area contributed by atoms with E-state index in [1.165, 1.54) is 0 Å². The Bertz CT molecular complexity index is 17.7. The summed E-state index contributed by atoms with van der Waals surface area (Å²) in [6.07, 6.45) is 0. The zero-order chi connectivity index (χ0) is 3.58. The maximum absolute atomic E-state index is 8.52. The molecule has 0 bridgehead atoms. The van der Waals surface area contributed by atoms with Crippen LogP contribution in [-0.2, 0) is 0 Å². The molecule has 0 spiro atoms. The van der Waals surface area contributed by atoms with Crippen LogP contribution in [0.4, 0.5) is 0 Å². The molecule has 0 heterocycles. The standard InChI is InChI=1S/Ca.ClHO3.2H/c;2-1(3)4;;/h;2H;;/q+2;;2*-1. The van der Waals surface area contributed by atoms with E-state index in [0.717, 1.165) is 0 Å². The van der Waals surface area contributed by atoms with E-state index in [-0.39, 0.29) is 40.6 Å². The van der Waals surface area contributed by atoms with Gasteiger partial charge in [0.1, 0.15) is 0 Å². The van der Waals surface area contributed by atoms with Crippen LogP contribution in [0.2, 0.25) is 0 Å². The second kappa shape index (κ2) is 5.43. The van der Waals surface area contributed by atoms with Crippen LogP contribution in [0.25, 0.3) is 0 Å². The van der Waals surface area contributed by atoms with Crippen LogP contribution in [-0.4, -0.2) is 42.4 Å². The van der Waals surface area contributed by atoms with Crippen LogP contribution >= 0.6 is 0 Å². The van der Waals surface area contributed by atoms with Crippen molar-refractivity contribution in [1.29, 1.82) is 0 Å². The molecular formula is H3CaClO3. The van der Waals surface area contributed by atoms with Crippen molar-refractivity contribution in [3.05, 3.63) is 0 Å². The van der Waals surface area contributed by atoms with Gasteiger partial charge in [-0.25, -0.2) is 0 Å². The van der Waals surface area contributed by atoms with E-state index in [1.54, 1.807) is 0 Å². The Hall–Kier alpha value is 1.43. The normalized spacial score (nSPS) is 7.20. The zero-order valence-corrected chi connectivity index (χ0v) is 5.31. The quantitative estimate of drug-likeness (QED) is 0.350. The number of hydrogen-bond donors (Lipinski definition) is 1. The summed E-state index contributed by atoms with van der Waals surface area (Å²) in [7, 11) is -2.60. The summed E-state index contributed by atoms with van der Waals surface area (Å²) in [4.78, 5) is 0. The molecule has 0 rings (SSSR count). The van der Waals surface area contributed by atoms with E-state index in [1.807, 2.05) is 0 Å². The first-order valence-corrected chi connectivity index (χ1v) is 1.43. The van der Waals surface area contributed by atoms with Gasteiger partial charge in [-0.1, -0.05) is 0 Å². The van der Waals surface area contributed by atoms with Crippen LogP contribution in [0.3, 0.4) is 0 Å². The third-order valence-corrected chi connectivity index (χ3v) is 0. The minimum Gasteiger partial charge on any atom is -1.00 e. The van der Waals surface area contributed by atoms with Crippen molar-refractivity contribution in [1.82, 2.24) is 0 Å². The van der Waals surface area contributed by atoms with Crippen molar-refractivity contribution in [2.45, 2.75) is 0 Å². The Kier molecular flexibility index (Phi) is 10.5. The number of hydrogen-bond acceptors (Lipinski definition) is 3. The van der Waals surface area contributed by atoms with Crippen molar-refractivity contribution in [2.75, 3.05) is 0 Å². The van der Waals surface area contributed by atoms with Gasteiger partial charge in [-0.3, -0.25) is 0 Å². The summed E-state index contributed by atoms with van der Waals surface area (Å²) < 4.78 is 24.0. The van der Waals surface area contributed by atoms with Crippen molar-refractivity contribution in [2.24, 2.45) is 0 Å². The Morgan fingerprint density at radius 2 is 1.60 bits per heavy atom. The monoisotopic (exact) mass is 126 g/mol. The Morgan fingerprint density at radius 1 is 1.60 bits per heavy atom. The van der Waals surface area contributed by atoms with E-state index in [4.69, 9.17) is 14.0 Å². The number of rotatable bonds is 0. The molecular weight excluding hydrogens is 124 g/mol. The van der Waals surface area contributed by atoms with Gasteiger partial charge in [0.05, 0.1) is 0 Å². The maximum Gasteiger partial charge on any atom is 2.00 e. The van der Waals surface area contributed by atoms with Gasteiger partial charge in [-0.05, 0) is 0 Å². The number of halogens is 1. The van der Waals surface area contributed by atoms with Gasteiger partial charge in [0.2, 0.25) is 0 Å². The summed E-state index contributed by atoms with van der Waals surface area (Å²) in [5, 5.41) is 0. The third-order valence-electron chi connectivity index (χ3n) is 0. The van der Waals surface area contributed by atoms with Crippen LogP contribution in [0.5, 0.6) is 0 Å². The molecule has 0 amide bonds. The molecule has 0 aliphatic heterocycles. The third kappa shape index (κ3) is 31.2. The molecule has 0 atom stereocenters. The topological polar surface area (TPSA) is 66.3 Å². The van der Waals surface area contributed by atoms with E-state index < -0.39 is 10.8 Å². The molecule has 0 aromatic heterocycles. The van der Waals surface area contributed by atoms with Crippen LogP contribution < -0.4 is 9.32 Å². The Labute approximate surface area is 65.0 Å². The minimum absolute atomic E-state index is 0. The molecule has 5 heavy (non-hydrogen) atoms. The summed E-state index contributed by atoms with van der Waals surface area (Å²) in [6.45, 7) is 0. The molecule has 0 aliphatic carbocycles. The fourth-order valence-electron chi connectivity index (χ4n) is 0. The fourth-order valence-corrected chi connectivity index (χ4v) is 0. The molecule has 0 saturated carbocycles. The van der Waals surface area contributed by atoms with Crippen molar-refractivity contribution < 1.29 is 27.6 Å². The van der Waals surface area contributed by atoms with Crippen LogP contribution in [0.1, 0.15) is 2.85 Å². The van der Waals surface area contributed by atoms with E-state index in [9.17, 15) is 0 Å². The molecule has 5 heteroatoms. The first-order chi connectivity index (χ1) is 1.73. The second-order valence-corrected chi connectivity index (χ2v) is 0.603. The van der Waals surface area contributed by atoms with Crippen LogP contribution in [0.15, 0.2) is 0 Å². The van der Waals surface area contributed by atoms with E-state index in [0.29, 0.717) is 0 Å². The summed E-state index contributed by atoms with van der Waals surface area (Å²) in [5.41, 5.74) is 0. The summed E-state index contributed by atoms with van der Waals surface area (Å²) in [6, 6.07) is 0. The summed E-state index contributed by atoms with van der Waals surface area (Å²) >= 11 is 0. The predicted octanol–water partition coefficient (Wildman–Crippen LogP) is -3.09. The first-order valence-electron chi connectivity index (χ1n) is 0.478. The first kappa shape index (κ1) is 9.66. The van der Waals surface area contributed by atoms with Gasteiger partial charge in [0.25, 0.3) is 10.8 Å². The molecule has 3 nitrogen and oxygen atoms in total. The average molecular weight is 127 g/mol. The molecule has 0 aromatic carbocycles. The Balaban J connectivity index is -0.0000000150. The van der Waals surface area contributed by atoms with Gasteiger partial charge in [-0.15, -0.1) is 0 Å². The molecule has 0 aromatic rings. The molecule has 0 saturated heterocycles.